The van der Waals surface area contributed by atoms with Gasteiger partial charge < -0.3 is 4.90 Å². The fraction of sp³-hybridized carbons (Fsp3) is 0.821. The van der Waals surface area contributed by atoms with Gasteiger partial charge in [0.2, 0.25) is 11.7 Å². The number of Topliss-reactive ketones (excluding diaryl/α,β-unsaturated/α-hetero) is 4. The number of ketones is 4. The molecule has 8 nitrogen and oxygen atoms in total. The number of rotatable bonds is 17. The summed E-state index contributed by atoms with van der Waals surface area (Å²) >= 11 is 0. The zero-order valence-corrected chi connectivity index (χ0v) is 31.3. The lowest BCUT2D eigenvalue weighted by Gasteiger charge is -2.42. The molecular formula is C39H61NO7S. The molecular weight excluding hydrogens is 626 g/mol. The van der Waals surface area contributed by atoms with E-state index in [4.69, 9.17) is 0 Å². The number of piperidine rings is 1. The minimum atomic E-state index is -3.25. The van der Waals surface area contributed by atoms with Crippen LogP contribution in [0.1, 0.15) is 138 Å². The van der Waals surface area contributed by atoms with Crippen molar-refractivity contribution in [2.75, 3.05) is 12.3 Å². The van der Waals surface area contributed by atoms with Crippen molar-refractivity contribution in [3.8, 4) is 0 Å². The molecule has 9 heteroatoms. The molecule has 48 heavy (non-hydrogen) atoms. The van der Waals surface area contributed by atoms with Gasteiger partial charge in [-0.25, -0.2) is 8.42 Å². The van der Waals surface area contributed by atoms with Crippen molar-refractivity contribution in [2.24, 2.45) is 39.9 Å². The summed E-state index contributed by atoms with van der Waals surface area (Å²) in [6.07, 6.45) is 9.82. The molecule has 1 unspecified atom stereocenters. The van der Waals surface area contributed by atoms with Gasteiger partial charge in [-0.3, -0.25) is 24.0 Å². The van der Waals surface area contributed by atoms with E-state index in [1.807, 2.05) is 27.7 Å². The minimum absolute atomic E-state index is 0.0163. The summed E-state index contributed by atoms with van der Waals surface area (Å²) in [7, 11) is -3.25. The first-order valence-electron chi connectivity index (χ1n) is 18.7. The highest BCUT2D eigenvalue weighted by atomic mass is 32.2. The van der Waals surface area contributed by atoms with E-state index in [2.05, 4.69) is 20.4 Å². The summed E-state index contributed by atoms with van der Waals surface area (Å²) in [6, 6.07) is -0.689. The molecule has 4 rings (SSSR count). The Morgan fingerprint density at radius 2 is 1.67 bits per heavy atom. The van der Waals surface area contributed by atoms with Crippen LogP contribution in [0.5, 0.6) is 0 Å². The van der Waals surface area contributed by atoms with E-state index < -0.39 is 55.4 Å². The van der Waals surface area contributed by atoms with Crippen LogP contribution in [-0.4, -0.2) is 65.9 Å². The van der Waals surface area contributed by atoms with Crippen LogP contribution in [0.15, 0.2) is 12.7 Å². The Labute approximate surface area is 289 Å². The van der Waals surface area contributed by atoms with Gasteiger partial charge >= 0.3 is 0 Å². The predicted octanol–water partition coefficient (Wildman–Crippen LogP) is 6.88. The number of sulfone groups is 1. The number of amides is 1. The number of nitrogens with zero attached hydrogens (tertiary/aromatic N) is 1. The molecule has 270 valence electrons. The lowest BCUT2D eigenvalue weighted by atomic mass is 9.66. The number of carbonyl (C=O) groups is 5. The Kier molecular flexibility index (Phi) is 12.1. The normalized spacial score (nSPS) is 28.2. The summed E-state index contributed by atoms with van der Waals surface area (Å²) in [5.74, 6) is -2.46. The molecule has 4 fully saturated rings. The van der Waals surface area contributed by atoms with E-state index in [0.29, 0.717) is 32.2 Å². The lowest BCUT2D eigenvalue weighted by Crippen LogP contribution is -2.51. The van der Waals surface area contributed by atoms with Crippen LogP contribution in [0.2, 0.25) is 0 Å². The maximum atomic E-state index is 14.6. The van der Waals surface area contributed by atoms with Crippen molar-refractivity contribution in [1.82, 2.24) is 4.90 Å². The third-order valence-electron chi connectivity index (χ3n) is 12.6. The zero-order valence-electron chi connectivity index (χ0n) is 30.5. The van der Waals surface area contributed by atoms with Gasteiger partial charge in [-0.15, -0.1) is 6.58 Å². The van der Waals surface area contributed by atoms with Gasteiger partial charge in [0, 0.05) is 44.1 Å². The summed E-state index contributed by atoms with van der Waals surface area (Å²) in [5.41, 5.74) is -1.25. The van der Waals surface area contributed by atoms with Crippen molar-refractivity contribution in [3.63, 3.8) is 0 Å². The SMILES string of the molecule is C=CCCC(=O)C(=O)[C@H](CCCC)CC(=O)C1[C@@H]2[C@H](CN1C(=O)[C@@H](CC(=O)CC1([C@@H]3CCCS3(=O)=O)CCCCC1)C(C)(C)C)C2(C)C. The van der Waals surface area contributed by atoms with Crippen LogP contribution < -0.4 is 0 Å². The molecule has 6 atom stereocenters. The van der Waals surface area contributed by atoms with Gasteiger partial charge in [0.05, 0.1) is 17.0 Å². The number of allylic oxidation sites excluding steroid dienone is 1. The second kappa shape index (κ2) is 15.0. The third-order valence-corrected chi connectivity index (χ3v) is 15.0. The van der Waals surface area contributed by atoms with E-state index >= 15 is 0 Å². The van der Waals surface area contributed by atoms with Crippen molar-refractivity contribution < 1.29 is 32.4 Å². The second-order valence-corrected chi connectivity index (χ2v) is 19.6. The van der Waals surface area contributed by atoms with Crippen LogP contribution in [-0.2, 0) is 33.8 Å². The third kappa shape index (κ3) is 8.07. The maximum absolute atomic E-state index is 14.6. The monoisotopic (exact) mass is 687 g/mol. The molecule has 0 N–H and O–H groups in total. The van der Waals surface area contributed by atoms with Crippen molar-refractivity contribution in [2.45, 2.75) is 149 Å². The Morgan fingerprint density at radius 3 is 2.23 bits per heavy atom. The Morgan fingerprint density at radius 1 is 1.00 bits per heavy atom. The molecule has 0 aromatic rings. The van der Waals surface area contributed by atoms with Crippen molar-refractivity contribution in [3.05, 3.63) is 12.7 Å². The van der Waals surface area contributed by atoms with Crippen LogP contribution in [0.4, 0.5) is 0 Å². The van der Waals surface area contributed by atoms with Crippen LogP contribution in [0.3, 0.4) is 0 Å². The Bertz CT molecular complexity index is 1370. The maximum Gasteiger partial charge on any atom is 0.227 e. The molecule has 0 radical (unpaired) electrons. The van der Waals surface area contributed by atoms with E-state index in [9.17, 15) is 32.4 Å². The van der Waals surface area contributed by atoms with E-state index in [1.165, 1.54) is 0 Å². The average molecular weight is 688 g/mol. The zero-order chi connectivity index (χ0) is 35.7. The van der Waals surface area contributed by atoms with Crippen molar-refractivity contribution in [1.29, 1.82) is 0 Å². The minimum Gasteiger partial charge on any atom is -0.332 e. The smallest absolute Gasteiger partial charge is 0.227 e. The number of hydrogen-bond donors (Lipinski definition) is 0. The molecule has 0 spiro atoms. The number of hydrogen-bond acceptors (Lipinski definition) is 7. The van der Waals surface area contributed by atoms with Crippen LogP contribution in [0, 0.1) is 39.9 Å². The first-order chi connectivity index (χ1) is 22.4. The van der Waals surface area contributed by atoms with E-state index in [0.717, 1.165) is 44.9 Å². The molecule has 2 aliphatic carbocycles. The highest BCUT2D eigenvalue weighted by molar-refractivity contribution is 7.92. The molecule has 2 saturated heterocycles. The van der Waals surface area contributed by atoms with Gasteiger partial charge in [-0.2, -0.15) is 0 Å². The second-order valence-electron chi connectivity index (χ2n) is 17.3. The molecule has 4 aliphatic rings. The predicted molar refractivity (Wildman–Crippen MR) is 188 cm³/mol. The largest absolute Gasteiger partial charge is 0.332 e. The summed E-state index contributed by atoms with van der Waals surface area (Å²) in [4.78, 5) is 70.4. The van der Waals surface area contributed by atoms with Gasteiger partial charge in [-0.05, 0) is 66.6 Å². The average Bonchev–Trinajstić information content (AvgIpc) is 3.33. The molecule has 2 heterocycles. The molecule has 0 bridgehead atoms. The van der Waals surface area contributed by atoms with E-state index in [1.54, 1.807) is 11.0 Å². The first kappa shape index (κ1) is 38.6. The highest BCUT2D eigenvalue weighted by Gasteiger charge is 2.69. The number of likely N-dealkylation sites (tertiary alicyclic amines) is 1. The quantitative estimate of drug-likeness (QED) is 0.121. The van der Waals surface area contributed by atoms with Crippen molar-refractivity contribution >= 4 is 38.9 Å². The fourth-order valence-electron chi connectivity index (χ4n) is 9.61. The summed E-state index contributed by atoms with van der Waals surface area (Å²) < 4.78 is 26.2. The van der Waals surface area contributed by atoms with E-state index in [-0.39, 0.29) is 66.2 Å². The van der Waals surface area contributed by atoms with Gasteiger partial charge in [-0.1, -0.05) is 79.7 Å². The standard InChI is InChI=1S/C39H61NO7S/c1-8-10-16-26(35(44)30(42)17-11-9-2)22-31(43)34-33-29(38(33,6)7)25-40(34)36(45)28(37(3,4)5)23-27(41)24-39(19-13-12-14-20-39)32-18-15-21-48(32,46)47/h9,26,28-29,32-34H,2,8,10-25H2,1,3-7H3/t26-,28-,29+,32+,33+,34?/m1/s1. The van der Waals surface area contributed by atoms with Gasteiger partial charge in [0.1, 0.15) is 5.78 Å². The van der Waals surface area contributed by atoms with Gasteiger partial charge in [0.25, 0.3) is 0 Å². The number of fused-ring (bicyclic) bond motifs is 1. The molecule has 0 aromatic heterocycles. The fourth-order valence-corrected chi connectivity index (χ4v) is 12.1. The van der Waals surface area contributed by atoms with Crippen LogP contribution in [0.25, 0.3) is 0 Å². The number of carbonyl (C=O) groups excluding carboxylic acids is 5. The van der Waals surface area contributed by atoms with Gasteiger partial charge in [0.15, 0.2) is 21.4 Å². The Balaban J connectivity index is 1.55. The summed E-state index contributed by atoms with van der Waals surface area (Å²) in [5, 5.41) is -0.486. The Hall–Kier alpha value is -2.16. The van der Waals surface area contributed by atoms with Crippen LogP contribution >= 0.6 is 0 Å². The lowest BCUT2D eigenvalue weighted by molar-refractivity contribution is -0.148. The summed E-state index contributed by atoms with van der Waals surface area (Å²) in [6.45, 7) is 16.2. The molecule has 2 saturated carbocycles. The molecule has 0 aromatic carbocycles. The molecule has 1 amide bonds. The topological polar surface area (TPSA) is 123 Å². The molecule has 2 aliphatic heterocycles. The highest BCUT2D eigenvalue weighted by Crippen LogP contribution is 2.65. The first-order valence-corrected chi connectivity index (χ1v) is 20.4. The number of unbranched alkanes of at least 4 members (excludes halogenated alkanes) is 1.